The van der Waals surface area contributed by atoms with Gasteiger partial charge >= 0.3 is 5.97 Å². The zero-order chi connectivity index (χ0) is 15.7. The molecular weight excluding hydrogens is 288 g/mol. The summed E-state index contributed by atoms with van der Waals surface area (Å²) < 4.78 is 0. The van der Waals surface area contributed by atoms with E-state index in [9.17, 15) is 14.4 Å². The highest BCUT2D eigenvalue weighted by Gasteiger charge is 2.07. The van der Waals surface area contributed by atoms with Crippen LogP contribution >= 0.6 is 11.8 Å². The van der Waals surface area contributed by atoms with Crippen molar-refractivity contribution in [2.45, 2.75) is 26.2 Å². The fourth-order valence-electron chi connectivity index (χ4n) is 1.51. The normalized spacial score (nSPS) is 9.57. The van der Waals surface area contributed by atoms with Crippen LogP contribution in [-0.4, -0.2) is 27.7 Å². The molecule has 0 radical (unpaired) electrons. The van der Waals surface area contributed by atoms with Crippen molar-refractivity contribution in [1.82, 2.24) is 0 Å². The summed E-state index contributed by atoms with van der Waals surface area (Å²) in [5.41, 5.74) is 1.28. The lowest BCUT2D eigenvalue weighted by Crippen LogP contribution is -2.03. The molecule has 0 saturated heterocycles. The molecule has 1 rings (SSSR count). The number of hydrogen-bond donors (Lipinski definition) is 1. The molecule has 0 heterocycles. The standard InChI is InChI=1S/C16H16O4S/c1-12(17)21-11-3-2-4-13-5-7-14(8-6-13)15(18)9-10-16(19)20/h5-8H,3,9-11H2,1H3,(H,19,20). The maximum Gasteiger partial charge on any atom is 0.303 e. The molecule has 0 spiro atoms. The number of rotatable bonds is 6. The van der Waals surface area contributed by atoms with Crippen LogP contribution in [0.15, 0.2) is 24.3 Å². The monoisotopic (exact) mass is 304 g/mol. The zero-order valence-corrected chi connectivity index (χ0v) is 12.5. The van der Waals surface area contributed by atoms with Gasteiger partial charge < -0.3 is 5.11 Å². The van der Waals surface area contributed by atoms with Gasteiger partial charge in [0.25, 0.3) is 0 Å². The topological polar surface area (TPSA) is 71.4 Å². The molecule has 1 aromatic rings. The lowest BCUT2D eigenvalue weighted by Gasteiger charge is -1.99. The van der Waals surface area contributed by atoms with Gasteiger partial charge in [-0.1, -0.05) is 35.7 Å². The number of aliphatic carboxylic acids is 1. The van der Waals surface area contributed by atoms with Gasteiger partial charge in [-0.05, 0) is 12.1 Å². The van der Waals surface area contributed by atoms with Gasteiger partial charge in [-0.25, -0.2) is 0 Å². The molecule has 0 aliphatic rings. The van der Waals surface area contributed by atoms with Gasteiger partial charge in [0.05, 0.1) is 6.42 Å². The molecule has 4 nitrogen and oxygen atoms in total. The Morgan fingerprint density at radius 2 is 1.81 bits per heavy atom. The third-order valence-corrected chi connectivity index (χ3v) is 3.35. The van der Waals surface area contributed by atoms with Crippen LogP contribution < -0.4 is 0 Å². The third-order valence-electron chi connectivity index (χ3n) is 2.54. The largest absolute Gasteiger partial charge is 0.481 e. The molecule has 0 atom stereocenters. The Labute approximate surface area is 127 Å². The van der Waals surface area contributed by atoms with E-state index in [-0.39, 0.29) is 23.7 Å². The van der Waals surface area contributed by atoms with Gasteiger partial charge in [-0.15, -0.1) is 0 Å². The van der Waals surface area contributed by atoms with Crippen LogP contribution in [0.3, 0.4) is 0 Å². The van der Waals surface area contributed by atoms with Crippen molar-refractivity contribution in [1.29, 1.82) is 0 Å². The second kappa shape index (κ2) is 8.98. The average molecular weight is 304 g/mol. The van der Waals surface area contributed by atoms with Crippen molar-refractivity contribution in [2.75, 3.05) is 5.75 Å². The number of thioether (sulfide) groups is 1. The van der Waals surface area contributed by atoms with Crippen molar-refractivity contribution >= 4 is 28.6 Å². The van der Waals surface area contributed by atoms with Crippen LogP contribution in [0.4, 0.5) is 0 Å². The molecule has 0 amide bonds. The predicted molar refractivity (Wildman–Crippen MR) is 82.3 cm³/mol. The van der Waals surface area contributed by atoms with Crippen LogP contribution in [0, 0.1) is 11.8 Å². The summed E-state index contributed by atoms with van der Waals surface area (Å²) in [6, 6.07) is 6.77. The Kier molecular flexibility index (Phi) is 7.27. The molecule has 0 bridgehead atoms. The van der Waals surface area contributed by atoms with E-state index < -0.39 is 5.97 Å². The first-order valence-electron chi connectivity index (χ1n) is 6.46. The quantitative estimate of drug-likeness (QED) is 0.497. The van der Waals surface area contributed by atoms with Crippen LogP contribution in [0.25, 0.3) is 0 Å². The first kappa shape index (κ1) is 17.0. The van der Waals surface area contributed by atoms with Crippen molar-refractivity contribution in [3.05, 3.63) is 35.4 Å². The smallest absolute Gasteiger partial charge is 0.303 e. The lowest BCUT2D eigenvalue weighted by molar-refractivity contribution is -0.136. The van der Waals surface area contributed by atoms with E-state index in [4.69, 9.17) is 5.11 Å². The highest BCUT2D eigenvalue weighted by Crippen LogP contribution is 2.08. The van der Waals surface area contributed by atoms with Gasteiger partial charge in [0, 0.05) is 36.6 Å². The van der Waals surface area contributed by atoms with Gasteiger partial charge in [0.15, 0.2) is 10.9 Å². The molecule has 110 valence electrons. The molecule has 1 N–H and O–H groups in total. The summed E-state index contributed by atoms with van der Waals surface area (Å²) in [6.07, 6.45) is 0.473. The zero-order valence-electron chi connectivity index (χ0n) is 11.7. The van der Waals surface area contributed by atoms with Crippen LogP contribution in [0.5, 0.6) is 0 Å². The Bertz CT molecular complexity index is 579. The molecule has 0 aliphatic heterocycles. The number of carboxylic acid groups (broad SMARTS) is 1. The minimum absolute atomic E-state index is 0.00261. The summed E-state index contributed by atoms with van der Waals surface area (Å²) in [5, 5.41) is 8.62. The van der Waals surface area contributed by atoms with Crippen molar-refractivity contribution < 1.29 is 19.5 Å². The number of carbonyl (C=O) groups is 3. The first-order valence-corrected chi connectivity index (χ1v) is 7.45. The molecule has 0 saturated carbocycles. The summed E-state index contributed by atoms with van der Waals surface area (Å²) >= 11 is 1.25. The Hall–Kier alpha value is -2.06. The fraction of sp³-hybridized carbons (Fsp3) is 0.312. The van der Waals surface area contributed by atoms with Crippen LogP contribution in [0.2, 0.25) is 0 Å². The van der Waals surface area contributed by atoms with Crippen molar-refractivity contribution in [2.24, 2.45) is 0 Å². The average Bonchev–Trinajstić information content (AvgIpc) is 2.44. The van der Waals surface area contributed by atoms with E-state index in [1.54, 1.807) is 24.3 Å². The number of carbonyl (C=O) groups excluding carboxylic acids is 2. The van der Waals surface area contributed by atoms with Gasteiger partial charge in [-0.2, -0.15) is 0 Å². The predicted octanol–water partition coefficient (Wildman–Crippen LogP) is 2.76. The molecule has 0 aromatic heterocycles. The number of Topliss-reactive ketones (excluding diaryl/α,β-unsaturated/α-hetero) is 1. The molecule has 1 aromatic carbocycles. The van der Waals surface area contributed by atoms with Gasteiger partial charge in [0.2, 0.25) is 0 Å². The molecular formula is C16H16O4S. The van der Waals surface area contributed by atoms with Crippen LogP contribution in [0.1, 0.15) is 42.1 Å². The molecule has 0 unspecified atom stereocenters. The Morgan fingerprint density at radius 1 is 1.14 bits per heavy atom. The number of hydrogen-bond acceptors (Lipinski definition) is 4. The second-order valence-electron chi connectivity index (χ2n) is 4.29. The molecule has 0 fully saturated rings. The molecule has 0 aliphatic carbocycles. The summed E-state index contributed by atoms with van der Waals surface area (Å²) in [4.78, 5) is 32.8. The van der Waals surface area contributed by atoms with E-state index in [1.165, 1.54) is 18.7 Å². The van der Waals surface area contributed by atoms with E-state index in [2.05, 4.69) is 11.8 Å². The van der Waals surface area contributed by atoms with E-state index in [1.807, 2.05) is 0 Å². The van der Waals surface area contributed by atoms with Crippen LogP contribution in [-0.2, 0) is 9.59 Å². The van der Waals surface area contributed by atoms with Crippen molar-refractivity contribution in [3.8, 4) is 11.8 Å². The maximum absolute atomic E-state index is 11.7. The highest BCUT2D eigenvalue weighted by atomic mass is 32.2. The van der Waals surface area contributed by atoms with Crippen molar-refractivity contribution in [3.63, 3.8) is 0 Å². The lowest BCUT2D eigenvalue weighted by atomic mass is 10.0. The van der Waals surface area contributed by atoms with E-state index in [0.717, 1.165) is 5.56 Å². The van der Waals surface area contributed by atoms with Gasteiger partial charge in [-0.3, -0.25) is 14.4 Å². The third kappa shape index (κ3) is 7.33. The maximum atomic E-state index is 11.7. The number of carboxylic acids is 1. The molecule has 21 heavy (non-hydrogen) atoms. The minimum Gasteiger partial charge on any atom is -0.481 e. The minimum atomic E-state index is -0.978. The number of ketones is 1. The SMILES string of the molecule is CC(=O)SCCC#Cc1ccc(C(=O)CCC(=O)O)cc1. The Balaban J connectivity index is 2.50. The molecule has 5 heteroatoms. The first-order chi connectivity index (χ1) is 9.99. The fourth-order valence-corrected chi connectivity index (χ4v) is 2.01. The van der Waals surface area contributed by atoms with E-state index >= 15 is 0 Å². The summed E-state index contributed by atoms with van der Waals surface area (Å²) in [7, 11) is 0. The number of benzene rings is 1. The van der Waals surface area contributed by atoms with Gasteiger partial charge in [0.1, 0.15) is 0 Å². The second-order valence-corrected chi connectivity index (χ2v) is 5.56. The summed E-state index contributed by atoms with van der Waals surface area (Å²) in [6.45, 7) is 1.53. The van der Waals surface area contributed by atoms with E-state index in [0.29, 0.717) is 17.7 Å². The summed E-state index contributed by atoms with van der Waals surface area (Å²) in [5.74, 6) is 5.43. The Morgan fingerprint density at radius 3 is 2.38 bits per heavy atom. The highest BCUT2D eigenvalue weighted by molar-refractivity contribution is 8.13.